The first-order valence-electron chi connectivity index (χ1n) is 6.81. The zero-order chi connectivity index (χ0) is 13.2. The van der Waals surface area contributed by atoms with Gasteiger partial charge in [0, 0.05) is 28.8 Å². The van der Waals surface area contributed by atoms with E-state index in [2.05, 4.69) is 65.1 Å². The Bertz CT molecular complexity index is 415. The predicted molar refractivity (Wildman–Crippen MR) is 82.2 cm³/mol. The molecular formula is C15H23BrN2. The van der Waals surface area contributed by atoms with E-state index in [1.54, 1.807) is 0 Å². The quantitative estimate of drug-likeness (QED) is 0.906. The SMILES string of the molecule is CCNCc1ccc(N2CCCC2(C)C)cc1Br. The topological polar surface area (TPSA) is 15.3 Å². The second-order valence-electron chi connectivity index (χ2n) is 5.62. The summed E-state index contributed by atoms with van der Waals surface area (Å²) in [6.45, 7) is 9.91. The molecule has 1 aromatic rings. The van der Waals surface area contributed by atoms with Crippen LogP contribution in [0.15, 0.2) is 22.7 Å². The Balaban J connectivity index is 2.18. The fourth-order valence-electron chi connectivity index (χ4n) is 2.69. The van der Waals surface area contributed by atoms with E-state index >= 15 is 0 Å². The van der Waals surface area contributed by atoms with Crippen molar-refractivity contribution < 1.29 is 0 Å². The Morgan fingerprint density at radius 2 is 2.17 bits per heavy atom. The van der Waals surface area contributed by atoms with E-state index in [-0.39, 0.29) is 0 Å². The van der Waals surface area contributed by atoms with Crippen LogP contribution in [-0.4, -0.2) is 18.6 Å². The molecule has 3 heteroatoms. The van der Waals surface area contributed by atoms with Gasteiger partial charge in [-0.15, -0.1) is 0 Å². The smallest absolute Gasteiger partial charge is 0.0382 e. The molecule has 1 aromatic carbocycles. The molecule has 0 saturated carbocycles. The second kappa shape index (κ2) is 5.62. The summed E-state index contributed by atoms with van der Waals surface area (Å²) >= 11 is 3.70. The predicted octanol–water partition coefficient (Wildman–Crippen LogP) is 3.94. The highest BCUT2D eigenvalue weighted by Gasteiger charge is 2.31. The lowest BCUT2D eigenvalue weighted by Crippen LogP contribution is -2.38. The van der Waals surface area contributed by atoms with Crippen molar-refractivity contribution in [2.24, 2.45) is 0 Å². The molecule has 2 nitrogen and oxygen atoms in total. The van der Waals surface area contributed by atoms with Gasteiger partial charge in [0.1, 0.15) is 0 Å². The summed E-state index contributed by atoms with van der Waals surface area (Å²) in [5.41, 5.74) is 2.96. The lowest BCUT2D eigenvalue weighted by molar-refractivity contribution is 0.518. The average molecular weight is 311 g/mol. The fraction of sp³-hybridized carbons (Fsp3) is 0.600. The summed E-state index contributed by atoms with van der Waals surface area (Å²) in [7, 11) is 0. The molecule has 1 saturated heterocycles. The van der Waals surface area contributed by atoms with Gasteiger partial charge in [0.05, 0.1) is 0 Å². The molecule has 0 bridgehead atoms. The number of hydrogen-bond acceptors (Lipinski definition) is 2. The average Bonchev–Trinajstić information content (AvgIpc) is 2.67. The highest BCUT2D eigenvalue weighted by Crippen LogP contribution is 2.35. The van der Waals surface area contributed by atoms with Crippen molar-refractivity contribution >= 4 is 21.6 Å². The van der Waals surface area contributed by atoms with Crippen LogP contribution in [-0.2, 0) is 6.54 Å². The molecule has 1 aliphatic heterocycles. The molecule has 1 fully saturated rings. The third-order valence-electron chi connectivity index (χ3n) is 3.81. The standard InChI is InChI=1S/C15H23BrN2/c1-4-17-11-12-6-7-13(10-14(12)16)18-9-5-8-15(18,2)3/h6-7,10,17H,4-5,8-9,11H2,1-3H3. The number of benzene rings is 1. The van der Waals surface area contributed by atoms with E-state index in [0.29, 0.717) is 5.54 Å². The van der Waals surface area contributed by atoms with Crippen molar-refractivity contribution in [1.82, 2.24) is 5.32 Å². The zero-order valence-electron chi connectivity index (χ0n) is 11.6. The van der Waals surface area contributed by atoms with Crippen molar-refractivity contribution in [3.05, 3.63) is 28.2 Å². The lowest BCUT2D eigenvalue weighted by Gasteiger charge is -2.34. The number of rotatable bonds is 4. The molecule has 1 heterocycles. The number of nitrogens with one attached hydrogen (secondary N) is 1. The third kappa shape index (κ3) is 2.89. The van der Waals surface area contributed by atoms with E-state index < -0.39 is 0 Å². The lowest BCUT2D eigenvalue weighted by atomic mass is 10.0. The molecule has 0 amide bonds. The van der Waals surface area contributed by atoms with Crippen LogP contribution < -0.4 is 10.2 Å². The van der Waals surface area contributed by atoms with Crippen LogP contribution in [0.5, 0.6) is 0 Å². The number of nitrogens with zero attached hydrogens (tertiary/aromatic N) is 1. The third-order valence-corrected chi connectivity index (χ3v) is 4.55. The second-order valence-corrected chi connectivity index (χ2v) is 6.48. The molecule has 100 valence electrons. The van der Waals surface area contributed by atoms with Crippen LogP contribution in [0.4, 0.5) is 5.69 Å². The first kappa shape index (κ1) is 13.9. The van der Waals surface area contributed by atoms with Gasteiger partial charge in [0.15, 0.2) is 0 Å². The van der Waals surface area contributed by atoms with Gasteiger partial charge in [-0.25, -0.2) is 0 Å². The molecule has 18 heavy (non-hydrogen) atoms. The summed E-state index contributed by atoms with van der Waals surface area (Å²) < 4.78 is 1.21. The molecule has 2 rings (SSSR count). The molecule has 1 aliphatic rings. The molecule has 0 radical (unpaired) electrons. The Labute approximate surface area is 119 Å². The van der Waals surface area contributed by atoms with Crippen LogP contribution >= 0.6 is 15.9 Å². The summed E-state index contributed by atoms with van der Waals surface area (Å²) in [5.74, 6) is 0. The first-order chi connectivity index (χ1) is 8.54. The molecule has 0 aliphatic carbocycles. The van der Waals surface area contributed by atoms with Gasteiger partial charge in [-0.1, -0.05) is 28.9 Å². The van der Waals surface area contributed by atoms with Gasteiger partial charge >= 0.3 is 0 Å². The van der Waals surface area contributed by atoms with E-state index in [4.69, 9.17) is 0 Å². The maximum absolute atomic E-state index is 3.70. The maximum Gasteiger partial charge on any atom is 0.0382 e. The van der Waals surface area contributed by atoms with Gasteiger partial charge < -0.3 is 10.2 Å². The number of anilines is 1. The summed E-state index contributed by atoms with van der Waals surface area (Å²) in [6, 6.07) is 6.75. The molecular weight excluding hydrogens is 288 g/mol. The number of halogens is 1. The van der Waals surface area contributed by atoms with Crippen molar-refractivity contribution in [3.63, 3.8) is 0 Å². The minimum Gasteiger partial charge on any atom is -0.366 e. The highest BCUT2D eigenvalue weighted by molar-refractivity contribution is 9.10. The van der Waals surface area contributed by atoms with Crippen LogP contribution in [0.2, 0.25) is 0 Å². The fourth-order valence-corrected chi connectivity index (χ4v) is 3.20. The highest BCUT2D eigenvalue weighted by atomic mass is 79.9. The van der Waals surface area contributed by atoms with Crippen molar-refractivity contribution in [3.8, 4) is 0 Å². The number of hydrogen-bond donors (Lipinski definition) is 1. The van der Waals surface area contributed by atoms with Gasteiger partial charge in [-0.05, 0) is 50.9 Å². The zero-order valence-corrected chi connectivity index (χ0v) is 13.2. The van der Waals surface area contributed by atoms with Gasteiger partial charge in [-0.3, -0.25) is 0 Å². The molecule has 1 N–H and O–H groups in total. The maximum atomic E-state index is 3.70. The molecule has 0 atom stereocenters. The van der Waals surface area contributed by atoms with Crippen LogP contribution in [0.25, 0.3) is 0 Å². The minimum atomic E-state index is 0.294. The Morgan fingerprint density at radius 1 is 1.39 bits per heavy atom. The molecule has 0 aromatic heterocycles. The van der Waals surface area contributed by atoms with Gasteiger partial charge in [0.2, 0.25) is 0 Å². The molecule has 0 spiro atoms. The van der Waals surface area contributed by atoms with Crippen LogP contribution in [0.1, 0.15) is 39.2 Å². The van der Waals surface area contributed by atoms with E-state index in [9.17, 15) is 0 Å². The minimum absolute atomic E-state index is 0.294. The summed E-state index contributed by atoms with van der Waals surface area (Å²) in [6.07, 6.45) is 2.58. The Kier molecular flexibility index (Phi) is 4.33. The van der Waals surface area contributed by atoms with Gasteiger partial charge in [0.25, 0.3) is 0 Å². The normalized spacial score (nSPS) is 18.3. The van der Waals surface area contributed by atoms with E-state index in [1.807, 2.05) is 0 Å². The Hall–Kier alpha value is -0.540. The molecule has 0 unspecified atom stereocenters. The van der Waals surface area contributed by atoms with Crippen molar-refractivity contribution in [1.29, 1.82) is 0 Å². The largest absolute Gasteiger partial charge is 0.366 e. The van der Waals surface area contributed by atoms with Crippen LogP contribution in [0, 0.1) is 0 Å². The van der Waals surface area contributed by atoms with E-state index in [1.165, 1.54) is 35.1 Å². The summed E-state index contributed by atoms with van der Waals surface area (Å²) in [5, 5.41) is 3.37. The Morgan fingerprint density at radius 3 is 2.72 bits per heavy atom. The van der Waals surface area contributed by atoms with Crippen molar-refractivity contribution in [2.45, 2.75) is 45.7 Å². The van der Waals surface area contributed by atoms with Crippen molar-refractivity contribution in [2.75, 3.05) is 18.0 Å². The van der Waals surface area contributed by atoms with E-state index in [0.717, 1.165) is 13.1 Å². The van der Waals surface area contributed by atoms with Gasteiger partial charge in [-0.2, -0.15) is 0 Å². The van der Waals surface area contributed by atoms with Crippen LogP contribution in [0.3, 0.4) is 0 Å². The monoisotopic (exact) mass is 310 g/mol. The first-order valence-corrected chi connectivity index (χ1v) is 7.60. The summed E-state index contributed by atoms with van der Waals surface area (Å²) in [4.78, 5) is 2.52.